The Bertz CT molecular complexity index is 531. The molecule has 0 saturated heterocycles. The molecule has 0 fully saturated rings. The summed E-state index contributed by atoms with van der Waals surface area (Å²) in [7, 11) is 0. The van der Waals surface area contributed by atoms with E-state index in [2.05, 4.69) is 43.9 Å². The van der Waals surface area contributed by atoms with E-state index >= 15 is 0 Å². The number of halogens is 2. The van der Waals surface area contributed by atoms with Gasteiger partial charge in [-0.25, -0.2) is 0 Å². The van der Waals surface area contributed by atoms with Crippen LogP contribution in [0.5, 0.6) is 0 Å². The Morgan fingerprint density at radius 1 is 1.44 bits per heavy atom. The molecule has 1 atom stereocenters. The monoisotopic (exact) mass is 392 g/mol. The van der Waals surface area contributed by atoms with Crippen molar-refractivity contribution in [1.82, 2.24) is 9.78 Å². The molecule has 6 heteroatoms. The van der Waals surface area contributed by atoms with Crippen molar-refractivity contribution in [3.8, 4) is 0 Å². The summed E-state index contributed by atoms with van der Waals surface area (Å²) in [5.74, 6) is 0. The molecular formula is C12H14Br2N2OS. The first kappa shape index (κ1) is 14.2. The Morgan fingerprint density at radius 2 is 2.17 bits per heavy atom. The third-order valence-corrected chi connectivity index (χ3v) is 6.04. The van der Waals surface area contributed by atoms with Gasteiger partial charge in [-0.3, -0.25) is 4.68 Å². The van der Waals surface area contributed by atoms with Crippen molar-refractivity contribution in [2.24, 2.45) is 0 Å². The van der Waals surface area contributed by atoms with Gasteiger partial charge in [-0.05, 0) is 57.8 Å². The zero-order valence-electron chi connectivity index (χ0n) is 10.2. The Labute approximate surface area is 127 Å². The van der Waals surface area contributed by atoms with Crippen LogP contribution < -0.4 is 0 Å². The second-order valence-corrected chi connectivity index (χ2v) is 7.34. The summed E-state index contributed by atoms with van der Waals surface area (Å²) >= 11 is 8.43. The number of hydrogen-bond donors (Lipinski definition) is 1. The van der Waals surface area contributed by atoms with Crippen LogP contribution in [-0.4, -0.2) is 14.9 Å². The van der Waals surface area contributed by atoms with Crippen molar-refractivity contribution in [1.29, 1.82) is 0 Å². The van der Waals surface area contributed by atoms with Crippen LogP contribution in [0.4, 0.5) is 0 Å². The number of rotatable bonds is 4. The average molecular weight is 394 g/mol. The number of nitrogens with zero attached hydrogens (tertiary/aromatic N) is 2. The van der Waals surface area contributed by atoms with Crippen molar-refractivity contribution >= 4 is 43.2 Å². The van der Waals surface area contributed by atoms with Gasteiger partial charge in [-0.1, -0.05) is 0 Å². The van der Waals surface area contributed by atoms with Crippen molar-refractivity contribution in [3.05, 3.63) is 36.7 Å². The summed E-state index contributed by atoms with van der Waals surface area (Å²) in [6, 6.07) is 3.99. The lowest BCUT2D eigenvalue weighted by molar-refractivity contribution is 0.179. The molecule has 0 aromatic carbocycles. The topological polar surface area (TPSA) is 38.0 Å². The minimum absolute atomic E-state index is 0.487. The van der Waals surface area contributed by atoms with Gasteiger partial charge in [0.05, 0.1) is 15.6 Å². The standard InChI is InChI=1S/C12H14Br2N2OS/c1-3-16-8(4-7(2)15-16)5-10(17)11-6-9(13)12(14)18-11/h4,6,10,17H,3,5H2,1-2H3. The third-order valence-electron chi connectivity index (χ3n) is 2.68. The minimum atomic E-state index is -0.487. The van der Waals surface area contributed by atoms with Crippen molar-refractivity contribution in [2.75, 3.05) is 0 Å². The van der Waals surface area contributed by atoms with Crippen LogP contribution in [0, 0.1) is 6.92 Å². The normalized spacial score (nSPS) is 12.9. The largest absolute Gasteiger partial charge is 0.387 e. The molecular weight excluding hydrogens is 380 g/mol. The fourth-order valence-corrected chi connectivity index (χ4v) is 3.94. The zero-order valence-corrected chi connectivity index (χ0v) is 14.1. The van der Waals surface area contributed by atoms with Crippen LogP contribution >= 0.6 is 43.2 Å². The van der Waals surface area contributed by atoms with Crippen LogP contribution in [0.2, 0.25) is 0 Å². The van der Waals surface area contributed by atoms with Gasteiger partial charge in [0.1, 0.15) is 0 Å². The summed E-state index contributed by atoms with van der Waals surface area (Å²) in [5.41, 5.74) is 2.07. The molecule has 1 N–H and O–H groups in total. The Balaban J connectivity index is 2.17. The van der Waals surface area contributed by atoms with E-state index in [4.69, 9.17) is 0 Å². The molecule has 2 aromatic rings. The van der Waals surface area contributed by atoms with Crippen LogP contribution in [-0.2, 0) is 13.0 Å². The van der Waals surface area contributed by atoms with Gasteiger partial charge in [0.2, 0.25) is 0 Å². The molecule has 0 radical (unpaired) electrons. The summed E-state index contributed by atoms with van der Waals surface area (Å²) in [5, 5.41) is 14.7. The maximum absolute atomic E-state index is 10.3. The van der Waals surface area contributed by atoms with Crippen LogP contribution in [0.15, 0.2) is 20.4 Å². The molecule has 0 amide bonds. The third kappa shape index (κ3) is 3.04. The number of hydrogen-bond acceptors (Lipinski definition) is 3. The van der Waals surface area contributed by atoms with E-state index in [9.17, 15) is 5.11 Å². The lowest BCUT2D eigenvalue weighted by Gasteiger charge is -2.09. The maximum Gasteiger partial charge on any atom is 0.0937 e. The highest BCUT2D eigenvalue weighted by atomic mass is 79.9. The Hall–Kier alpha value is -0.170. The Kier molecular flexibility index (Phi) is 4.64. The van der Waals surface area contributed by atoms with Gasteiger partial charge in [0.25, 0.3) is 0 Å². The molecule has 2 heterocycles. The molecule has 2 aromatic heterocycles. The second kappa shape index (κ2) is 5.86. The van der Waals surface area contributed by atoms with E-state index < -0.39 is 6.10 Å². The number of aliphatic hydroxyl groups excluding tert-OH is 1. The summed E-state index contributed by atoms with van der Waals surface area (Å²) in [6.45, 7) is 4.86. The smallest absolute Gasteiger partial charge is 0.0937 e. The minimum Gasteiger partial charge on any atom is -0.387 e. The molecule has 0 bridgehead atoms. The van der Waals surface area contributed by atoms with Crippen LogP contribution in [0.1, 0.15) is 29.3 Å². The van der Waals surface area contributed by atoms with Crippen molar-refractivity contribution in [3.63, 3.8) is 0 Å². The van der Waals surface area contributed by atoms with E-state index in [-0.39, 0.29) is 0 Å². The molecule has 1 unspecified atom stereocenters. The van der Waals surface area contributed by atoms with E-state index in [0.717, 1.165) is 31.1 Å². The van der Waals surface area contributed by atoms with Crippen molar-refractivity contribution < 1.29 is 5.11 Å². The molecule has 0 saturated carbocycles. The van der Waals surface area contributed by atoms with E-state index in [1.165, 1.54) is 0 Å². The molecule has 0 aliphatic heterocycles. The lowest BCUT2D eigenvalue weighted by atomic mass is 10.1. The van der Waals surface area contributed by atoms with Gasteiger partial charge < -0.3 is 5.11 Å². The van der Waals surface area contributed by atoms with E-state index in [1.54, 1.807) is 11.3 Å². The maximum atomic E-state index is 10.3. The summed E-state index contributed by atoms with van der Waals surface area (Å²) in [6.07, 6.45) is 0.104. The van der Waals surface area contributed by atoms with Gasteiger partial charge in [0.15, 0.2) is 0 Å². The highest BCUT2D eigenvalue weighted by Crippen LogP contribution is 2.36. The molecule has 2 rings (SSSR count). The van der Waals surface area contributed by atoms with E-state index in [0.29, 0.717) is 6.42 Å². The number of thiophene rings is 1. The molecule has 0 aliphatic rings. The van der Waals surface area contributed by atoms with Crippen molar-refractivity contribution in [2.45, 2.75) is 32.9 Å². The predicted octanol–water partition coefficient (Wildman–Crippen LogP) is 4.07. The first-order valence-corrected chi connectivity index (χ1v) is 8.07. The highest BCUT2D eigenvalue weighted by Gasteiger charge is 2.16. The van der Waals surface area contributed by atoms with Gasteiger partial charge >= 0.3 is 0 Å². The van der Waals surface area contributed by atoms with Crippen LogP contribution in [0.3, 0.4) is 0 Å². The predicted molar refractivity (Wildman–Crippen MR) is 81.0 cm³/mol. The average Bonchev–Trinajstić information content (AvgIpc) is 2.83. The first-order valence-electron chi connectivity index (χ1n) is 5.67. The van der Waals surface area contributed by atoms with Crippen LogP contribution in [0.25, 0.3) is 0 Å². The lowest BCUT2D eigenvalue weighted by Crippen LogP contribution is -2.07. The second-order valence-electron chi connectivity index (χ2n) is 4.08. The molecule has 0 spiro atoms. The van der Waals surface area contributed by atoms with E-state index in [1.807, 2.05) is 23.7 Å². The summed E-state index contributed by atoms with van der Waals surface area (Å²) < 4.78 is 3.94. The number of aryl methyl sites for hydroxylation is 2. The SMILES string of the molecule is CCn1nc(C)cc1CC(O)c1cc(Br)c(Br)s1. The van der Waals surface area contributed by atoms with Gasteiger partial charge in [-0.2, -0.15) is 5.10 Å². The summed E-state index contributed by atoms with van der Waals surface area (Å²) in [4.78, 5) is 0.954. The molecule has 3 nitrogen and oxygen atoms in total. The molecule has 0 aliphatic carbocycles. The molecule has 98 valence electrons. The van der Waals surface area contributed by atoms with Gasteiger partial charge in [-0.15, -0.1) is 11.3 Å². The quantitative estimate of drug-likeness (QED) is 0.849. The number of aliphatic hydroxyl groups is 1. The fraction of sp³-hybridized carbons (Fsp3) is 0.417. The zero-order chi connectivity index (χ0) is 13.3. The molecule has 18 heavy (non-hydrogen) atoms. The number of aromatic nitrogens is 2. The highest BCUT2D eigenvalue weighted by molar-refractivity contribution is 9.13. The first-order chi connectivity index (χ1) is 8.51. The van der Waals surface area contributed by atoms with Gasteiger partial charge in [0, 0.05) is 28.0 Å². The Morgan fingerprint density at radius 3 is 2.72 bits per heavy atom. The fourth-order valence-electron chi connectivity index (χ4n) is 1.86.